The number of aliphatic hydroxyl groups is 1. The van der Waals surface area contributed by atoms with Crippen molar-refractivity contribution < 1.29 is 9.90 Å². The molecule has 0 aliphatic carbocycles. The predicted octanol–water partition coefficient (Wildman–Crippen LogP) is 2.46. The summed E-state index contributed by atoms with van der Waals surface area (Å²) in [6, 6.07) is 9.36. The zero-order valence-corrected chi connectivity index (χ0v) is 12.2. The molecule has 20 heavy (non-hydrogen) atoms. The van der Waals surface area contributed by atoms with Crippen LogP contribution in [0.2, 0.25) is 0 Å². The molecule has 1 amide bonds. The first-order valence-corrected chi connectivity index (χ1v) is 7.01. The van der Waals surface area contributed by atoms with Gasteiger partial charge in [-0.1, -0.05) is 19.1 Å². The number of amides is 1. The van der Waals surface area contributed by atoms with Crippen LogP contribution in [0.25, 0.3) is 0 Å². The fourth-order valence-electron chi connectivity index (χ4n) is 1.96. The summed E-state index contributed by atoms with van der Waals surface area (Å²) in [5, 5.41) is 18.0. The number of rotatable bonds is 7. The third-order valence-corrected chi connectivity index (χ3v) is 3.08. The van der Waals surface area contributed by atoms with Crippen molar-refractivity contribution in [2.24, 2.45) is 0 Å². The lowest BCUT2D eigenvalue weighted by molar-refractivity contribution is -0.132. The molecular weight excluding hydrogens is 252 g/mol. The molecule has 4 heteroatoms. The first-order valence-electron chi connectivity index (χ1n) is 7.01. The van der Waals surface area contributed by atoms with Gasteiger partial charge in [0.05, 0.1) is 17.7 Å². The third kappa shape index (κ3) is 5.41. The topological polar surface area (TPSA) is 64.3 Å². The average molecular weight is 274 g/mol. The number of nitrogens with zero attached hydrogens (tertiary/aromatic N) is 2. The van der Waals surface area contributed by atoms with Crippen molar-refractivity contribution in [3.05, 3.63) is 35.4 Å². The van der Waals surface area contributed by atoms with Crippen LogP contribution in [0.3, 0.4) is 0 Å². The highest BCUT2D eigenvalue weighted by atomic mass is 16.3. The SMILES string of the molecule is CCCN(Cc1ccc(C#N)cc1)C(=O)CCC(C)O. The summed E-state index contributed by atoms with van der Waals surface area (Å²) >= 11 is 0. The maximum atomic E-state index is 12.1. The molecule has 1 atom stereocenters. The molecule has 0 heterocycles. The normalized spacial score (nSPS) is 11.7. The maximum Gasteiger partial charge on any atom is 0.222 e. The Morgan fingerprint density at radius 1 is 1.40 bits per heavy atom. The Balaban J connectivity index is 2.65. The van der Waals surface area contributed by atoms with Crippen molar-refractivity contribution in [1.29, 1.82) is 5.26 Å². The zero-order valence-electron chi connectivity index (χ0n) is 12.2. The molecular formula is C16H22N2O2. The summed E-state index contributed by atoms with van der Waals surface area (Å²) in [5.74, 6) is 0.0668. The Morgan fingerprint density at radius 2 is 2.05 bits per heavy atom. The van der Waals surface area contributed by atoms with E-state index in [2.05, 4.69) is 6.07 Å². The van der Waals surface area contributed by atoms with E-state index in [1.807, 2.05) is 24.0 Å². The van der Waals surface area contributed by atoms with Crippen molar-refractivity contribution >= 4 is 5.91 Å². The second-order valence-corrected chi connectivity index (χ2v) is 5.01. The number of aliphatic hydroxyl groups excluding tert-OH is 1. The standard InChI is InChI=1S/C16H22N2O2/c1-3-10-18(16(20)9-4-13(2)19)12-15-7-5-14(11-17)6-8-15/h5-8,13,19H,3-4,9-10,12H2,1-2H3. The first kappa shape index (κ1) is 16.2. The highest BCUT2D eigenvalue weighted by Crippen LogP contribution is 2.10. The molecule has 1 N–H and O–H groups in total. The lowest BCUT2D eigenvalue weighted by Gasteiger charge is -2.22. The summed E-state index contributed by atoms with van der Waals surface area (Å²) in [6.45, 7) is 4.99. The monoisotopic (exact) mass is 274 g/mol. The predicted molar refractivity (Wildman–Crippen MR) is 77.8 cm³/mol. The lowest BCUT2D eigenvalue weighted by Crippen LogP contribution is -2.31. The molecule has 0 aliphatic rings. The van der Waals surface area contributed by atoms with Crippen molar-refractivity contribution in [3.63, 3.8) is 0 Å². The molecule has 0 spiro atoms. The number of carbonyl (C=O) groups is 1. The van der Waals surface area contributed by atoms with Crippen LogP contribution in [0.1, 0.15) is 44.2 Å². The van der Waals surface area contributed by atoms with Gasteiger partial charge in [0.25, 0.3) is 0 Å². The van der Waals surface area contributed by atoms with Crippen LogP contribution in [0.15, 0.2) is 24.3 Å². The molecule has 0 radical (unpaired) electrons. The van der Waals surface area contributed by atoms with Crippen molar-refractivity contribution in [1.82, 2.24) is 4.90 Å². The molecule has 4 nitrogen and oxygen atoms in total. The van der Waals surface area contributed by atoms with E-state index in [1.54, 1.807) is 19.1 Å². The third-order valence-electron chi connectivity index (χ3n) is 3.08. The summed E-state index contributed by atoms with van der Waals surface area (Å²) in [6.07, 6.45) is 1.31. The minimum Gasteiger partial charge on any atom is -0.393 e. The quantitative estimate of drug-likeness (QED) is 0.830. The summed E-state index contributed by atoms with van der Waals surface area (Å²) < 4.78 is 0. The van der Waals surface area contributed by atoms with Gasteiger partial charge in [-0.05, 0) is 37.5 Å². The lowest BCUT2D eigenvalue weighted by atomic mass is 10.1. The van der Waals surface area contributed by atoms with Gasteiger partial charge < -0.3 is 10.0 Å². The Morgan fingerprint density at radius 3 is 2.55 bits per heavy atom. The molecule has 0 aromatic heterocycles. The van der Waals surface area contributed by atoms with Gasteiger partial charge in [-0.2, -0.15) is 5.26 Å². The second-order valence-electron chi connectivity index (χ2n) is 5.01. The van der Waals surface area contributed by atoms with E-state index in [0.29, 0.717) is 31.5 Å². The van der Waals surface area contributed by atoms with Crippen LogP contribution >= 0.6 is 0 Å². The Kier molecular flexibility index (Phi) is 6.75. The van der Waals surface area contributed by atoms with Gasteiger partial charge in [-0.25, -0.2) is 0 Å². The second kappa shape index (κ2) is 8.34. The number of hydrogen-bond acceptors (Lipinski definition) is 3. The van der Waals surface area contributed by atoms with Gasteiger partial charge >= 0.3 is 0 Å². The number of benzene rings is 1. The molecule has 1 aromatic rings. The molecule has 0 fully saturated rings. The molecule has 0 aliphatic heterocycles. The molecule has 0 saturated heterocycles. The number of hydrogen-bond donors (Lipinski definition) is 1. The number of nitriles is 1. The van der Waals surface area contributed by atoms with Crippen LogP contribution in [0.5, 0.6) is 0 Å². The number of carbonyl (C=O) groups excluding carboxylic acids is 1. The van der Waals surface area contributed by atoms with Gasteiger partial charge in [0, 0.05) is 19.5 Å². The Hall–Kier alpha value is -1.86. The largest absolute Gasteiger partial charge is 0.393 e. The van der Waals surface area contributed by atoms with E-state index >= 15 is 0 Å². The highest BCUT2D eigenvalue weighted by Gasteiger charge is 2.13. The smallest absolute Gasteiger partial charge is 0.222 e. The van der Waals surface area contributed by atoms with Crippen molar-refractivity contribution in [3.8, 4) is 6.07 Å². The van der Waals surface area contributed by atoms with E-state index in [-0.39, 0.29) is 5.91 Å². The fraction of sp³-hybridized carbons (Fsp3) is 0.500. The molecule has 1 aromatic carbocycles. The average Bonchev–Trinajstić information content (AvgIpc) is 2.45. The first-order chi connectivity index (χ1) is 9.56. The van der Waals surface area contributed by atoms with E-state index in [4.69, 9.17) is 5.26 Å². The summed E-state index contributed by atoms with van der Waals surface area (Å²) in [5.41, 5.74) is 1.64. The van der Waals surface area contributed by atoms with Crippen LogP contribution < -0.4 is 0 Å². The van der Waals surface area contributed by atoms with Gasteiger partial charge in [-0.15, -0.1) is 0 Å². The van der Waals surface area contributed by atoms with E-state index in [0.717, 1.165) is 12.0 Å². The molecule has 0 saturated carbocycles. The molecule has 0 bridgehead atoms. The van der Waals surface area contributed by atoms with Gasteiger partial charge in [-0.3, -0.25) is 4.79 Å². The Labute approximate surface area is 120 Å². The minimum absolute atomic E-state index is 0.0668. The van der Waals surface area contributed by atoms with Crippen molar-refractivity contribution in [2.45, 2.75) is 45.8 Å². The summed E-state index contributed by atoms with van der Waals surface area (Å²) in [7, 11) is 0. The van der Waals surface area contributed by atoms with Gasteiger partial charge in [0.2, 0.25) is 5.91 Å². The van der Waals surface area contributed by atoms with Gasteiger partial charge in [0.1, 0.15) is 0 Å². The van der Waals surface area contributed by atoms with E-state index in [1.165, 1.54) is 0 Å². The Bertz CT molecular complexity index is 460. The van der Waals surface area contributed by atoms with Crippen LogP contribution in [0.4, 0.5) is 0 Å². The van der Waals surface area contributed by atoms with Crippen LogP contribution in [-0.2, 0) is 11.3 Å². The van der Waals surface area contributed by atoms with E-state index in [9.17, 15) is 9.90 Å². The van der Waals surface area contributed by atoms with Crippen LogP contribution in [0, 0.1) is 11.3 Å². The molecule has 1 rings (SSSR count). The zero-order chi connectivity index (χ0) is 15.0. The van der Waals surface area contributed by atoms with Crippen molar-refractivity contribution in [2.75, 3.05) is 6.54 Å². The van der Waals surface area contributed by atoms with E-state index < -0.39 is 6.10 Å². The minimum atomic E-state index is -0.447. The van der Waals surface area contributed by atoms with Crippen LogP contribution in [-0.4, -0.2) is 28.6 Å². The highest BCUT2D eigenvalue weighted by molar-refractivity contribution is 5.76. The van der Waals surface area contributed by atoms with Gasteiger partial charge in [0.15, 0.2) is 0 Å². The molecule has 1 unspecified atom stereocenters. The fourth-order valence-corrected chi connectivity index (χ4v) is 1.96. The summed E-state index contributed by atoms with van der Waals surface area (Å²) in [4.78, 5) is 13.9. The molecule has 108 valence electrons. The maximum absolute atomic E-state index is 12.1.